The van der Waals surface area contributed by atoms with Crippen molar-refractivity contribution in [2.45, 2.75) is 4.90 Å². The Kier molecular flexibility index (Phi) is 6.88. The lowest BCUT2D eigenvalue weighted by atomic mass is 10.2. The van der Waals surface area contributed by atoms with Gasteiger partial charge in [-0.05, 0) is 54.6 Å². The van der Waals surface area contributed by atoms with E-state index in [1.165, 1.54) is 56.7 Å². The highest BCUT2D eigenvalue weighted by molar-refractivity contribution is 7.92. The van der Waals surface area contributed by atoms with Crippen molar-refractivity contribution < 1.29 is 27.4 Å². The Morgan fingerprint density at radius 3 is 2.38 bits per heavy atom. The number of sulfonamides is 1. The molecule has 8 nitrogen and oxygen atoms in total. The summed E-state index contributed by atoms with van der Waals surface area (Å²) in [6.07, 6.45) is 0. The third kappa shape index (κ3) is 4.94. The topological polar surface area (TPSA) is 115 Å². The highest BCUT2D eigenvalue weighted by Gasteiger charge is 2.19. The lowest BCUT2D eigenvalue weighted by molar-refractivity contribution is 0.0600. The van der Waals surface area contributed by atoms with Gasteiger partial charge in [-0.2, -0.15) is 5.26 Å². The number of carbonyl (C=O) groups is 1. The molecule has 0 radical (unpaired) electrons. The molecule has 0 saturated heterocycles. The number of ether oxygens (including phenoxy) is 3. The summed E-state index contributed by atoms with van der Waals surface area (Å²) in [6.45, 7) is 0. The first-order valence-corrected chi connectivity index (χ1v) is 10.9. The number of carbonyl (C=O) groups excluding carboxylic acids is 1. The van der Waals surface area contributed by atoms with Crippen LogP contribution in [0, 0.1) is 11.3 Å². The molecule has 0 unspecified atom stereocenters. The molecule has 1 N–H and O–H groups in total. The van der Waals surface area contributed by atoms with Gasteiger partial charge in [-0.3, -0.25) is 4.72 Å². The van der Waals surface area contributed by atoms with E-state index in [-0.39, 0.29) is 38.2 Å². The molecule has 0 aromatic heterocycles. The second-order valence-corrected chi connectivity index (χ2v) is 8.40. The molecule has 3 rings (SSSR count). The van der Waals surface area contributed by atoms with Crippen LogP contribution in [0.5, 0.6) is 17.2 Å². The van der Waals surface area contributed by atoms with Crippen LogP contribution in [-0.4, -0.2) is 28.6 Å². The summed E-state index contributed by atoms with van der Waals surface area (Å²) in [7, 11) is -1.41. The van der Waals surface area contributed by atoms with Gasteiger partial charge < -0.3 is 14.2 Å². The zero-order valence-electron chi connectivity index (χ0n) is 17.0. The van der Waals surface area contributed by atoms with E-state index in [1.807, 2.05) is 6.07 Å². The van der Waals surface area contributed by atoms with Gasteiger partial charge in [0.15, 0.2) is 0 Å². The van der Waals surface area contributed by atoms with Gasteiger partial charge in [0.1, 0.15) is 28.9 Å². The van der Waals surface area contributed by atoms with Crippen molar-refractivity contribution in [2.24, 2.45) is 0 Å². The van der Waals surface area contributed by atoms with Gasteiger partial charge in [0, 0.05) is 0 Å². The van der Waals surface area contributed by atoms with Crippen molar-refractivity contribution in [3.8, 4) is 23.3 Å². The molecule has 0 aliphatic heterocycles. The van der Waals surface area contributed by atoms with Gasteiger partial charge in [-0.15, -0.1) is 0 Å². The maximum absolute atomic E-state index is 12.9. The largest absolute Gasteiger partial charge is 0.495 e. The maximum atomic E-state index is 12.9. The highest BCUT2D eigenvalue weighted by atomic mass is 35.5. The van der Waals surface area contributed by atoms with E-state index >= 15 is 0 Å². The molecule has 0 bridgehead atoms. The minimum Gasteiger partial charge on any atom is -0.495 e. The van der Waals surface area contributed by atoms with Crippen molar-refractivity contribution in [2.75, 3.05) is 18.9 Å². The first-order chi connectivity index (χ1) is 15.3. The highest BCUT2D eigenvalue weighted by Crippen LogP contribution is 2.31. The van der Waals surface area contributed by atoms with Gasteiger partial charge >= 0.3 is 5.97 Å². The van der Waals surface area contributed by atoms with Gasteiger partial charge in [-0.1, -0.05) is 17.7 Å². The van der Waals surface area contributed by atoms with E-state index in [1.54, 1.807) is 18.2 Å². The number of esters is 1. The van der Waals surface area contributed by atoms with Crippen molar-refractivity contribution in [3.63, 3.8) is 0 Å². The fourth-order valence-electron chi connectivity index (χ4n) is 2.75. The summed E-state index contributed by atoms with van der Waals surface area (Å²) in [5.41, 5.74) is 0.406. The lowest BCUT2D eigenvalue weighted by Gasteiger charge is -2.13. The van der Waals surface area contributed by atoms with Crippen LogP contribution in [-0.2, 0) is 14.8 Å². The van der Waals surface area contributed by atoms with E-state index in [0.29, 0.717) is 5.75 Å². The number of nitrogens with zero attached hydrogens (tertiary/aromatic N) is 1. The summed E-state index contributed by atoms with van der Waals surface area (Å²) in [6, 6.07) is 16.6. The monoisotopic (exact) mass is 472 g/mol. The smallest absolute Gasteiger partial charge is 0.337 e. The Labute approximate surface area is 190 Å². The molecular formula is C22H17ClN2O6S. The third-order valence-electron chi connectivity index (χ3n) is 4.31. The molecular weight excluding hydrogens is 456 g/mol. The van der Waals surface area contributed by atoms with Crippen LogP contribution in [0.25, 0.3) is 0 Å². The number of hydrogen-bond acceptors (Lipinski definition) is 7. The normalized spacial score (nSPS) is 10.7. The van der Waals surface area contributed by atoms with Crippen LogP contribution in [0.2, 0.25) is 5.02 Å². The molecule has 0 fully saturated rings. The quantitative estimate of drug-likeness (QED) is 0.499. The molecule has 3 aromatic rings. The first-order valence-electron chi connectivity index (χ1n) is 9.04. The number of benzene rings is 3. The van der Waals surface area contributed by atoms with Crippen molar-refractivity contribution in [1.29, 1.82) is 5.26 Å². The maximum Gasteiger partial charge on any atom is 0.337 e. The zero-order chi connectivity index (χ0) is 23.3. The third-order valence-corrected chi connectivity index (χ3v) is 6.01. The number of methoxy groups -OCH3 is 2. The zero-order valence-corrected chi connectivity index (χ0v) is 18.5. The molecule has 3 aromatic carbocycles. The Morgan fingerprint density at radius 1 is 1.03 bits per heavy atom. The second-order valence-electron chi connectivity index (χ2n) is 6.31. The number of hydrogen-bond donors (Lipinski definition) is 1. The van der Waals surface area contributed by atoms with E-state index in [4.69, 9.17) is 21.1 Å². The first kappa shape index (κ1) is 22.9. The van der Waals surface area contributed by atoms with E-state index in [9.17, 15) is 18.5 Å². The van der Waals surface area contributed by atoms with Crippen LogP contribution in [0.4, 0.5) is 5.69 Å². The summed E-state index contributed by atoms with van der Waals surface area (Å²) in [5, 5.41) is 9.49. The van der Waals surface area contributed by atoms with Crippen molar-refractivity contribution in [3.05, 3.63) is 76.8 Å². The lowest BCUT2D eigenvalue weighted by Crippen LogP contribution is -2.14. The molecule has 0 atom stereocenters. The average Bonchev–Trinajstić information content (AvgIpc) is 2.79. The Hall–Kier alpha value is -3.74. The molecule has 0 spiro atoms. The minimum atomic E-state index is -4.02. The van der Waals surface area contributed by atoms with Crippen LogP contribution in [0.15, 0.2) is 65.6 Å². The molecule has 0 aliphatic carbocycles. The summed E-state index contributed by atoms with van der Waals surface area (Å²) in [4.78, 5) is 11.7. The number of nitrogens with one attached hydrogen (secondary N) is 1. The fraction of sp³-hybridized carbons (Fsp3) is 0.0909. The number of halogens is 1. The standard InChI is InChI=1S/C22H17ClN2O6S/c1-29-21-11-6-14(22(26)30-2)12-19(21)25-32(27,28)16-9-7-15(8-10-16)31-20-5-3-4-18(23)17(20)13-24/h3-12,25H,1-2H3. The second kappa shape index (κ2) is 9.60. The molecule has 0 amide bonds. The molecule has 10 heteroatoms. The van der Waals surface area contributed by atoms with E-state index < -0.39 is 16.0 Å². The van der Waals surface area contributed by atoms with Crippen molar-refractivity contribution in [1.82, 2.24) is 0 Å². The summed E-state index contributed by atoms with van der Waals surface area (Å²) < 4.78 is 43.6. The average molecular weight is 473 g/mol. The molecule has 0 saturated carbocycles. The molecule has 164 valence electrons. The van der Waals surface area contributed by atoms with Gasteiger partial charge in [-0.25, -0.2) is 13.2 Å². The van der Waals surface area contributed by atoms with Crippen LogP contribution >= 0.6 is 11.6 Å². The SMILES string of the molecule is COC(=O)c1ccc(OC)c(NS(=O)(=O)c2ccc(Oc3cccc(Cl)c3C#N)cc2)c1. The van der Waals surface area contributed by atoms with Gasteiger partial charge in [0.25, 0.3) is 10.0 Å². The molecule has 0 heterocycles. The predicted molar refractivity (Wildman–Crippen MR) is 118 cm³/mol. The van der Waals surface area contributed by atoms with Crippen LogP contribution < -0.4 is 14.2 Å². The Morgan fingerprint density at radius 2 is 1.75 bits per heavy atom. The number of anilines is 1. The van der Waals surface area contributed by atoms with Crippen LogP contribution in [0.3, 0.4) is 0 Å². The van der Waals surface area contributed by atoms with Crippen LogP contribution in [0.1, 0.15) is 15.9 Å². The van der Waals surface area contributed by atoms with Gasteiger partial charge in [0.05, 0.1) is 35.4 Å². The minimum absolute atomic E-state index is 0.0537. The number of nitriles is 1. The van der Waals surface area contributed by atoms with E-state index in [2.05, 4.69) is 9.46 Å². The Balaban J connectivity index is 1.86. The van der Waals surface area contributed by atoms with Crippen molar-refractivity contribution >= 4 is 33.3 Å². The van der Waals surface area contributed by atoms with Gasteiger partial charge in [0.2, 0.25) is 0 Å². The fourth-order valence-corrected chi connectivity index (χ4v) is 4.02. The summed E-state index contributed by atoms with van der Waals surface area (Å²) >= 11 is 5.99. The molecule has 32 heavy (non-hydrogen) atoms. The van der Waals surface area contributed by atoms with E-state index in [0.717, 1.165) is 0 Å². The Bertz CT molecular complexity index is 1300. The summed E-state index contributed by atoms with van der Waals surface area (Å²) in [5.74, 6) is 0.171. The predicted octanol–water partition coefficient (Wildman–Crippen LogP) is 4.60. The molecule has 0 aliphatic rings. The number of rotatable bonds is 7.